The van der Waals surface area contributed by atoms with Crippen molar-refractivity contribution in [2.75, 3.05) is 16.9 Å². The van der Waals surface area contributed by atoms with E-state index in [0.717, 1.165) is 47.5 Å². The van der Waals surface area contributed by atoms with Crippen molar-refractivity contribution in [3.8, 4) is 17.3 Å². The second-order valence-electron chi connectivity index (χ2n) is 7.69. The molecule has 0 unspecified atom stereocenters. The monoisotopic (exact) mass is 461 g/mol. The molecule has 0 radical (unpaired) electrons. The SMILES string of the molecule is Nn1c(SCC(=O)Nc2ccc(OCc3ccccc3)cc2)nnc1-c1n[nH]c2c1CCC2. The van der Waals surface area contributed by atoms with E-state index in [2.05, 4.69) is 25.7 Å². The van der Waals surface area contributed by atoms with Gasteiger partial charge in [0.15, 0.2) is 0 Å². The standard InChI is InChI=1S/C23H23N7O2S/c24-30-22(21-18-7-4-8-19(18)26-27-21)28-29-23(30)33-14-20(31)25-16-9-11-17(12-10-16)32-13-15-5-2-1-3-6-15/h1-3,5-6,9-12H,4,7-8,13-14,24H2,(H,25,31)(H,26,27). The van der Waals surface area contributed by atoms with Crippen LogP contribution in [0.4, 0.5) is 5.69 Å². The Morgan fingerprint density at radius 1 is 1.12 bits per heavy atom. The number of benzene rings is 2. The van der Waals surface area contributed by atoms with E-state index in [9.17, 15) is 4.79 Å². The molecule has 2 heterocycles. The highest BCUT2D eigenvalue weighted by Gasteiger charge is 2.24. The molecule has 1 aliphatic rings. The Kier molecular flexibility index (Phi) is 5.99. The van der Waals surface area contributed by atoms with Gasteiger partial charge in [-0.2, -0.15) is 5.10 Å². The molecular weight excluding hydrogens is 438 g/mol. The van der Waals surface area contributed by atoms with E-state index in [1.807, 2.05) is 54.6 Å². The lowest BCUT2D eigenvalue weighted by atomic mass is 10.2. The number of hydrogen-bond donors (Lipinski definition) is 3. The summed E-state index contributed by atoms with van der Waals surface area (Å²) in [4.78, 5) is 12.4. The molecule has 0 fully saturated rings. The van der Waals surface area contributed by atoms with E-state index >= 15 is 0 Å². The number of aromatic nitrogens is 5. The number of nitrogens with zero attached hydrogens (tertiary/aromatic N) is 4. The summed E-state index contributed by atoms with van der Waals surface area (Å²) in [6, 6.07) is 17.2. The van der Waals surface area contributed by atoms with Crippen molar-refractivity contribution in [1.82, 2.24) is 25.1 Å². The fraction of sp³-hybridized carbons (Fsp3) is 0.217. The normalized spacial score (nSPS) is 12.5. The Bertz CT molecular complexity index is 1250. The number of hydrogen-bond acceptors (Lipinski definition) is 7. The van der Waals surface area contributed by atoms with Crippen LogP contribution in [0, 0.1) is 0 Å². The van der Waals surface area contributed by atoms with Crippen molar-refractivity contribution in [3.05, 3.63) is 71.4 Å². The quantitative estimate of drug-likeness (QED) is 0.272. The molecule has 9 nitrogen and oxygen atoms in total. The summed E-state index contributed by atoms with van der Waals surface area (Å²) in [5.74, 6) is 7.41. The number of nitrogens with two attached hydrogens (primary N) is 1. The highest BCUT2D eigenvalue weighted by molar-refractivity contribution is 7.99. The van der Waals surface area contributed by atoms with Gasteiger partial charge in [0.1, 0.15) is 18.1 Å². The summed E-state index contributed by atoms with van der Waals surface area (Å²) < 4.78 is 7.17. The predicted octanol–water partition coefficient (Wildman–Crippen LogP) is 3.18. The Labute approximate surface area is 194 Å². The van der Waals surface area contributed by atoms with Crippen molar-refractivity contribution < 1.29 is 9.53 Å². The number of thioether (sulfide) groups is 1. The van der Waals surface area contributed by atoms with Crippen molar-refractivity contribution >= 4 is 23.4 Å². The van der Waals surface area contributed by atoms with Gasteiger partial charge in [0, 0.05) is 16.9 Å². The van der Waals surface area contributed by atoms with Crippen molar-refractivity contribution in [1.29, 1.82) is 0 Å². The van der Waals surface area contributed by atoms with E-state index in [1.54, 1.807) is 0 Å². The maximum Gasteiger partial charge on any atom is 0.234 e. The average Bonchev–Trinajstić information content (AvgIpc) is 3.55. The minimum Gasteiger partial charge on any atom is -0.489 e. The molecule has 1 aliphatic carbocycles. The van der Waals surface area contributed by atoms with Crippen LogP contribution >= 0.6 is 11.8 Å². The molecule has 10 heteroatoms. The summed E-state index contributed by atoms with van der Waals surface area (Å²) >= 11 is 1.22. The van der Waals surface area contributed by atoms with Gasteiger partial charge in [-0.25, -0.2) is 4.68 Å². The number of amides is 1. The van der Waals surface area contributed by atoms with Crippen LogP contribution in [-0.4, -0.2) is 36.7 Å². The van der Waals surface area contributed by atoms with Crippen LogP contribution in [0.1, 0.15) is 23.2 Å². The molecule has 0 aliphatic heterocycles. The van der Waals surface area contributed by atoms with Crippen LogP contribution in [0.15, 0.2) is 59.8 Å². The molecule has 4 aromatic rings. The summed E-state index contributed by atoms with van der Waals surface area (Å²) in [5, 5.41) is 19.0. The first-order chi connectivity index (χ1) is 16.2. The van der Waals surface area contributed by atoms with E-state index < -0.39 is 0 Å². The first-order valence-corrected chi connectivity index (χ1v) is 11.6. The lowest BCUT2D eigenvalue weighted by Crippen LogP contribution is -2.16. The van der Waals surface area contributed by atoms with Crippen LogP contribution in [0.5, 0.6) is 5.75 Å². The van der Waals surface area contributed by atoms with E-state index in [-0.39, 0.29) is 11.7 Å². The molecular formula is C23H23N7O2S. The van der Waals surface area contributed by atoms with Gasteiger partial charge in [0.25, 0.3) is 0 Å². The van der Waals surface area contributed by atoms with Crippen molar-refractivity contribution in [3.63, 3.8) is 0 Å². The number of ether oxygens (including phenoxy) is 1. The number of nitrogens with one attached hydrogen (secondary N) is 2. The number of carbonyl (C=O) groups excluding carboxylic acids is 1. The van der Waals surface area contributed by atoms with Gasteiger partial charge in [0.2, 0.25) is 16.9 Å². The molecule has 0 spiro atoms. The number of aromatic amines is 1. The molecule has 0 atom stereocenters. The topological polar surface area (TPSA) is 124 Å². The number of fused-ring (bicyclic) bond motifs is 1. The van der Waals surface area contributed by atoms with Gasteiger partial charge < -0.3 is 15.9 Å². The molecule has 5 rings (SSSR count). The third-order valence-corrected chi connectivity index (χ3v) is 6.34. The Morgan fingerprint density at radius 3 is 2.76 bits per heavy atom. The number of carbonyl (C=O) groups is 1. The number of nitrogen functional groups attached to an aromatic ring is 1. The lowest BCUT2D eigenvalue weighted by molar-refractivity contribution is -0.113. The molecule has 33 heavy (non-hydrogen) atoms. The Morgan fingerprint density at radius 2 is 1.94 bits per heavy atom. The third kappa shape index (κ3) is 4.70. The maximum atomic E-state index is 12.4. The second-order valence-corrected chi connectivity index (χ2v) is 8.64. The van der Waals surface area contributed by atoms with Gasteiger partial charge in [0.05, 0.1) is 5.75 Å². The van der Waals surface area contributed by atoms with Gasteiger partial charge >= 0.3 is 0 Å². The Balaban J connectivity index is 1.14. The summed E-state index contributed by atoms with van der Waals surface area (Å²) in [6.45, 7) is 0.492. The molecule has 4 N–H and O–H groups in total. The largest absolute Gasteiger partial charge is 0.489 e. The molecule has 0 saturated carbocycles. The van der Waals surface area contributed by atoms with Crippen LogP contribution in [0.2, 0.25) is 0 Å². The third-order valence-electron chi connectivity index (χ3n) is 5.40. The molecule has 168 valence electrons. The summed E-state index contributed by atoms with van der Waals surface area (Å²) in [6.07, 6.45) is 3.04. The summed E-state index contributed by atoms with van der Waals surface area (Å²) in [7, 11) is 0. The van der Waals surface area contributed by atoms with Crippen molar-refractivity contribution in [2.45, 2.75) is 31.0 Å². The van der Waals surface area contributed by atoms with E-state index in [0.29, 0.717) is 23.3 Å². The van der Waals surface area contributed by atoms with E-state index in [1.165, 1.54) is 16.4 Å². The smallest absolute Gasteiger partial charge is 0.234 e. The van der Waals surface area contributed by atoms with Crippen LogP contribution in [0.3, 0.4) is 0 Å². The molecule has 0 saturated heterocycles. The lowest BCUT2D eigenvalue weighted by Gasteiger charge is -2.08. The highest BCUT2D eigenvalue weighted by Crippen LogP contribution is 2.30. The van der Waals surface area contributed by atoms with Crippen molar-refractivity contribution in [2.24, 2.45) is 0 Å². The van der Waals surface area contributed by atoms with E-state index in [4.69, 9.17) is 10.6 Å². The number of aryl methyl sites for hydroxylation is 1. The maximum absolute atomic E-state index is 12.4. The number of anilines is 1. The zero-order valence-electron chi connectivity index (χ0n) is 17.8. The second kappa shape index (κ2) is 9.37. The Hall–Kier alpha value is -3.79. The van der Waals surface area contributed by atoms with Crippen LogP contribution < -0.4 is 15.9 Å². The highest BCUT2D eigenvalue weighted by atomic mass is 32.2. The van der Waals surface area contributed by atoms with Crippen LogP contribution in [-0.2, 0) is 24.2 Å². The minimum atomic E-state index is -0.164. The predicted molar refractivity (Wildman–Crippen MR) is 126 cm³/mol. The van der Waals surface area contributed by atoms with Gasteiger partial charge in [-0.15, -0.1) is 10.2 Å². The first kappa shape index (κ1) is 21.1. The molecule has 1 amide bonds. The van der Waals surface area contributed by atoms with Crippen LogP contribution in [0.25, 0.3) is 11.5 Å². The van der Waals surface area contributed by atoms with Gasteiger partial charge in [-0.05, 0) is 49.1 Å². The summed E-state index contributed by atoms with van der Waals surface area (Å²) in [5.41, 5.74) is 4.81. The fourth-order valence-electron chi connectivity index (χ4n) is 3.74. The van der Waals surface area contributed by atoms with Gasteiger partial charge in [-0.1, -0.05) is 42.1 Å². The molecule has 2 aromatic heterocycles. The zero-order chi connectivity index (χ0) is 22.6. The first-order valence-electron chi connectivity index (χ1n) is 10.6. The zero-order valence-corrected chi connectivity index (χ0v) is 18.6. The number of rotatable bonds is 8. The fourth-order valence-corrected chi connectivity index (χ4v) is 4.40. The van der Waals surface area contributed by atoms with Gasteiger partial charge in [-0.3, -0.25) is 9.89 Å². The minimum absolute atomic E-state index is 0.153. The molecule has 0 bridgehead atoms. The molecule has 2 aromatic carbocycles. The average molecular weight is 462 g/mol. The number of H-pyrrole nitrogens is 1.